The molecule has 1 atom stereocenters. The summed E-state index contributed by atoms with van der Waals surface area (Å²) >= 11 is 0. The van der Waals surface area contributed by atoms with Crippen molar-refractivity contribution in [2.75, 3.05) is 13.7 Å². The molecule has 0 rings (SSSR count). The maximum Gasteiger partial charge on any atom is 0.305 e. The van der Waals surface area contributed by atoms with Crippen molar-refractivity contribution in [3.63, 3.8) is 0 Å². The Morgan fingerprint density at radius 1 is 1.31 bits per heavy atom. The minimum atomic E-state index is -0.465. The van der Waals surface area contributed by atoms with E-state index in [0.29, 0.717) is 12.8 Å². The number of carbonyl (C=O) groups is 1. The van der Waals surface area contributed by atoms with Crippen LogP contribution in [0.1, 0.15) is 38.5 Å². The number of unbranched alkanes of at least 4 members (excludes halogenated alkanes) is 3. The minimum absolute atomic E-state index is 0.0316. The fourth-order valence-corrected chi connectivity index (χ4v) is 1.39. The van der Waals surface area contributed by atoms with Gasteiger partial charge in [-0.15, -0.1) is 0 Å². The summed E-state index contributed by atoms with van der Waals surface area (Å²) in [6.45, 7) is -0.0316. The summed E-state index contributed by atoms with van der Waals surface area (Å²) in [5.41, 5.74) is 0. The zero-order valence-corrected chi connectivity index (χ0v) is 9.89. The fraction of sp³-hybridized carbons (Fsp3) is 0.750. The Morgan fingerprint density at radius 2 is 2.00 bits per heavy atom. The molecule has 0 amide bonds. The summed E-state index contributed by atoms with van der Waals surface area (Å²) in [5.74, 6) is -0.161. The summed E-state index contributed by atoms with van der Waals surface area (Å²) < 4.78 is 4.53. The molecule has 4 heteroatoms. The topological polar surface area (TPSA) is 66.8 Å². The highest BCUT2D eigenvalue weighted by atomic mass is 16.5. The smallest absolute Gasteiger partial charge is 0.305 e. The van der Waals surface area contributed by atoms with Crippen LogP contribution in [0.2, 0.25) is 0 Å². The van der Waals surface area contributed by atoms with E-state index in [0.717, 1.165) is 25.7 Å². The first-order chi connectivity index (χ1) is 7.70. The van der Waals surface area contributed by atoms with Gasteiger partial charge in [0.15, 0.2) is 0 Å². The van der Waals surface area contributed by atoms with E-state index in [1.165, 1.54) is 7.11 Å². The van der Waals surface area contributed by atoms with Gasteiger partial charge >= 0.3 is 5.97 Å². The standard InChI is InChI=1S/C12H22O4/c1-16-12(15)9-5-3-2-4-7-11(14)8-6-10-13/h6,8,11,13-14H,2-5,7,9-10H2,1H3/b8-6-. The number of hydrogen-bond acceptors (Lipinski definition) is 4. The molecule has 0 bridgehead atoms. The van der Waals surface area contributed by atoms with Gasteiger partial charge in [0.1, 0.15) is 0 Å². The summed E-state index contributed by atoms with van der Waals surface area (Å²) in [5, 5.41) is 17.9. The quantitative estimate of drug-likeness (QED) is 0.357. The summed E-state index contributed by atoms with van der Waals surface area (Å²) in [6, 6.07) is 0. The molecule has 0 heterocycles. The van der Waals surface area contributed by atoms with E-state index in [2.05, 4.69) is 4.74 Å². The average Bonchev–Trinajstić information content (AvgIpc) is 2.30. The van der Waals surface area contributed by atoms with E-state index >= 15 is 0 Å². The van der Waals surface area contributed by atoms with Gasteiger partial charge in [-0.25, -0.2) is 0 Å². The van der Waals surface area contributed by atoms with Crippen molar-refractivity contribution in [1.29, 1.82) is 0 Å². The van der Waals surface area contributed by atoms with Gasteiger partial charge < -0.3 is 14.9 Å². The Balaban J connectivity index is 3.26. The highest BCUT2D eigenvalue weighted by Crippen LogP contribution is 2.08. The molecule has 0 aliphatic carbocycles. The Morgan fingerprint density at radius 3 is 2.62 bits per heavy atom. The SMILES string of the molecule is COC(=O)CCCCCCC(O)/C=C\CO. The largest absolute Gasteiger partial charge is 0.469 e. The number of aliphatic hydroxyl groups excluding tert-OH is 2. The van der Waals surface area contributed by atoms with E-state index < -0.39 is 6.10 Å². The Labute approximate surface area is 96.9 Å². The molecule has 0 radical (unpaired) electrons. The molecule has 0 aromatic heterocycles. The normalized spacial score (nSPS) is 12.9. The predicted octanol–water partition coefficient (Wildman–Crippen LogP) is 1.41. The van der Waals surface area contributed by atoms with Crippen LogP contribution < -0.4 is 0 Å². The molecule has 0 aromatic carbocycles. The van der Waals surface area contributed by atoms with Crippen molar-refractivity contribution in [1.82, 2.24) is 0 Å². The molecule has 0 saturated heterocycles. The highest BCUT2D eigenvalue weighted by Gasteiger charge is 2.01. The average molecular weight is 230 g/mol. The number of carbonyl (C=O) groups excluding carboxylic acids is 1. The van der Waals surface area contributed by atoms with Crippen LogP contribution in [-0.4, -0.2) is 36.0 Å². The second-order valence-corrected chi connectivity index (χ2v) is 3.71. The van der Waals surface area contributed by atoms with Crippen molar-refractivity contribution in [2.24, 2.45) is 0 Å². The van der Waals surface area contributed by atoms with E-state index in [1.807, 2.05) is 0 Å². The molecule has 16 heavy (non-hydrogen) atoms. The molecule has 0 aliphatic heterocycles. The van der Waals surface area contributed by atoms with Gasteiger partial charge in [-0.3, -0.25) is 4.79 Å². The van der Waals surface area contributed by atoms with Gasteiger partial charge in [0.25, 0.3) is 0 Å². The molecule has 0 spiro atoms. The number of rotatable bonds is 9. The van der Waals surface area contributed by atoms with Gasteiger partial charge in [-0.05, 0) is 12.8 Å². The molecular formula is C12H22O4. The Bertz CT molecular complexity index is 201. The lowest BCUT2D eigenvalue weighted by Crippen LogP contribution is -2.02. The van der Waals surface area contributed by atoms with Crippen molar-refractivity contribution in [3.8, 4) is 0 Å². The summed E-state index contributed by atoms with van der Waals surface area (Å²) in [4.78, 5) is 10.8. The minimum Gasteiger partial charge on any atom is -0.469 e. The molecule has 0 fully saturated rings. The maximum atomic E-state index is 10.8. The zero-order chi connectivity index (χ0) is 12.2. The van der Waals surface area contributed by atoms with Gasteiger partial charge in [-0.2, -0.15) is 0 Å². The van der Waals surface area contributed by atoms with Crippen LogP contribution in [0.25, 0.3) is 0 Å². The summed E-state index contributed by atoms with van der Waals surface area (Å²) in [6.07, 6.45) is 7.61. The number of ether oxygens (including phenoxy) is 1. The second-order valence-electron chi connectivity index (χ2n) is 3.71. The summed E-state index contributed by atoms with van der Waals surface area (Å²) in [7, 11) is 1.40. The van der Waals surface area contributed by atoms with Crippen molar-refractivity contribution in [3.05, 3.63) is 12.2 Å². The number of esters is 1. The van der Waals surface area contributed by atoms with Crippen LogP contribution in [0.5, 0.6) is 0 Å². The van der Waals surface area contributed by atoms with Crippen LogP contribution in [0.15, 0.2) is 12.2 Å². The zero-order valence-electron chi connectivity index (χ0n) is 9.89. The molecule has 4 nitrogen and oxygen atoms in total. The molecule has 0 aliphatic rings. The molecular weight excluding hydrogens is 208 g/mol. The molecule has 94 valence electrons. The van der Waals surface area contributed by atoms with E-state index in [4.69, 9.17) is 5.11 Å². The van der Waals surface area contributed by atoms with Gasteiger partial charge in [0.05, 0.1) is 19.8 Å². The van der Waals surface area contributed by atoms with E-state index in [-0.39, 0.29) is 12.6 Å². The maximum absolute atomic E-state index is 10.8. The molecule has 0 saturated carbocycles. The third kappa shape index (κ3) is 9.68. The van der Waals surface area contributed by atoms with Crippen LogP contribution >= 0.6 is 0 Å². The van der Waals surface area contributed by atoms with E-state index in [9.17, 15) is 9.90 Å². The Hall–Kier alpha value is -0.870. The van der Waals surface area contributed by atoms with Crippen LogP contribution in [0, 0.1) is 0 Å². The van der Waals surface area contributed by atoms with Crippen molar-refractivity contribution in [2.45, 2.75) is 44.6 Å². The van der Waals surface area contributed by atoms with Crippen LogP contribution in [0.3, 0.4) is 0 Å². The van der Waals surface area contributed by atoms with Crippen LogP contribution in [0.4, 0.5) is 0 Å². The highest BCUT2D eigenvalue weighted by molar-refractivity contribution is 5.68. The molecule has 2 N–H and O–H groups in total. The molecule has 0 aromatic rings. The lowest BCUT2D eigenvalue weighted by atomic mass is 10.1. The lowest BCUT2D eigenvalue weighted by molar-refractivity contribution is -0.140. The van der Waals surface area contributed by atoms with Gasteiger partial charge in [0.2, 0.25) is 0 Å². The molecule has 1 unspecified atom stereocenters. The Kier molecular flexibility index (Phi) is 10.1. The fourth-order valence-electron chi connectivity index (χ4n) is 1.39. The number of methoxy groups -OCH3 is 1. The monoisotopic (exact) mass is 230 g/mol. The van der Waals surface area contributed by atoms with Crippen molar-refractivity contribution < 1.29 is 19.7 Å². The second kappa shape index (κ2) is 10.6. The first kappa shape index (κ1) is 15.1. The van der Waals surface area contributed by atoms with E-state index in [1.54, 1.807) is 12.2 Å². The third-order valence-corrected chi connectivity index (χ3v) is 2.32. The number of aliphatic hydroxyl groups is 2. The number of hydrogen-bond donors (Lipinski definition) is 2. The van der Waals surface area contributed by atoms with Gasteiger partial charge in [0, 0.05) is 6.42 Å². The predicted molar refractivity (Wildman–Crippen MR) is 62.0 cm³/mol. The first-order valence-electron chi connectivity index (χ1n) is 5.73. The first-order valence-corrected chi connectivity index (χ1v) is 5.73. The third-order valence-electron chi connectivity index (χ3n) is 2.32. The van der Waals surface area contributed by atoms with Crippen LogP contribution in [-0.2, 0) is 9.53 Å². The van der Waals surface area contributed by atoms with Gasteiger partial charge in [-0.1, -0.05) is 31.4 Å². The lowest BCUT2D eigenvalue weighted by Gasteiger charge is -2.04. The van der Waals surface area contributed by atoms with Crippen molar-refractivity contribution >= 4 is 5.97 Å².